The Balaban J connectivity index is 1.51. The first kappa shape index (κ1) is 18.3. The Kier molecular flexibility index (Phi) is 6.14. The summed E-state index contributed by atoms with van der Waals surface area (Å²) in [5.41, 5.74) is 2.43. The lowest BCUT2D eigenvalue weighted by atomic mass is 10.1. The van der Waals surface area contributed by atoms with Gasteiger partial charge in [0.2, 0.25) is 0 Å². The number of hydrogen-bond donors (Lipinski definition) is 1. The minimum Gasteiger partial charge on any atom is -0.451 e. The number of nitrogens with zero attached hydrogens (tertiary/aromatic N) is 1. The van der Waals surface area contributed by atoms with Crippen molar-refractivity contribution in [2.45, 2.75) is 19.9 Å². The summed E-state index contributed by atoms with van der Waals surface area (Å²) < 4.78 is 5.04. The van der Waals surface area contributed by atoms with Gasteiger partial charge in [-0.05, 0) is 23.4 Å². The van der Waals surface area contributed by atoms with Crippen LogP contribution in [0.1, 0.15) is 27.9 Å². The van der Waals surface area contributed by atoms with Crippen molar-refractivity contribution in [3.8, 4) is 10.6 Å². The summed E-state index contributed by atoms with van der Waals surface area (Å²) in [4.78, 5) is 29.2. The molecule has 0 aliphatic carbocycles. The predicted molar refractivity (Wildman–Crippen MR) is 103 cm³/mol. The Morgan fingerprint density at radius 2 is 1.96 bits per heavy atom. The highest BCUT2D eigenvalue weighted by Crippen LogP contribution is 2.24. The van der Waals surface area contributed by atoms with Gasteiger partial charge in [0, 0.05) is 15.8 Å². The summed E-state index contributed by atoms with van der Waals surface area (Å²) in [5, 5.41) is 7.05. The van der Waals surface area contributed by atoms with Crippen LogP contribution in [-0.2, 0) is 22.5 Å². The number of esters is 1. The number of aromatic nitrogens is 1. The van der Waals surface area contributed by atoms with E-state index in [4.69, 9.17) is 4.74 Å². The fourth-order valence-corrected chi connectivity index (χ4v) is 3.68. The average Bonchev–Trinajstić information content (AvgIpc) is 3.36. The maximum Gasteiger partial charge on any atom is 0.358 e. The molecule has 0 radical (unpaired) electrons. The van der Waals surface area contributed by atoms with Crippen LogP contribution in [0.3, 0.4) is 0 Å². The lowest BCUT2D eigenvalue weighted by Crippen LogP contribution is -2.28. The SMILES string of the molecule is CCc1ccc(-c2nc(C(=O)OCC(=O)NCc3cccs3)cs2)cc1. The van der Waals surface area contributed by atoms with Gasteiger partial charge in [0.25, 0.3) is 5.91 Å². The standard InChI is InChI=1S/C19H18N2O3S2/c1-2-13-5-7-14(8-6-13)18-21-16(12-26-18)19(23)24-11-17(22)20-10-15-4-3-9-25-15/h3-9,12H,2,10-11H2,1H3,(H,20,22). The number of thiazole rings is 1. The van der Waals surface area contributed by atoms with E-state index in [2.05, 4.69) is 17.2 Å². The number of nitrogens with one attached hydrogen (secondary N) is 1. The van der Waals surface area contributed by atoms with Crippen molar-refractivity contribution in [1.82, 2.24) is 10.3 Å². The maximum atomic E-state index is 12.1. The second-order valence-electron chi connectivity index (χ2n) is 5.52. The fraction of sp³-hybridized carbons (Fsp3) is 0.211. The summed E-state index contributed by atoms with van der Waals surface area (Å²) in [6, 6.07) is 11.9. The molecular formula is C19H18N2O3S2. The number of carbonyl (C=O) groups excluding carboxylic acids is 2. The molecule has 5 nitrogen and oxygen atoms in total. The molecule has 3 rings (SSSR count). The third kappa shape index (κ3) is 4.77. The Labute approximate surface area is 159 Å². The van der Waals surface area contributed by atoms with Gasteiger partial charge in [-0.2, -0.15) is 0 Å². The highest BCUT2D eigenvalue weighted by Gasteiger charge is 2.15. The van der Waals surface area contributed by atoms with Crippen LogP contribution >= 0.6 is 22.7 Å². The average molecular weight is 386 g/mol. The lowest BCUT2D eigenvalue weighted by Gasteiger charge is -2.04. The molecule has 3 aromatic rings. The highest BCUT2D eigenvalue weighted by atomic mass is 32.1. The largest absolute Gasteiger partial charge is 0.451 e. The topological polar surface area (TPSA) is 68.3 Å². The van der Waals surface area contributed by atoms with E-state index in [9.17, 15) is 9.59 Å². The number of rotatable bonds is 7. The molecule has 134 valence electrons. The van der Waals surface area contributed by atoms with Crippen LogP contribution in [0.2, 0.25) is 0 Å². The molecule has 0 spiro atoms. The van der Waals surface area contributed by atoms with E-state index in [0.717, 1.165) is 21.9 Å². The van der Waals surface area contributed by atoms with E-state index in [-0.39, 0.29) is 18.2 Å². The number of aryl methyl sites for hydroxylation is 1. The van der Waals surface area contributed by atoms with Crippen LogP contribution in [0.4, 0.5) is 0 Å². The lowest BCUT2D eigenvalue weighted by molar-refractivity contribution is -0.124. The highest BCUT2D eigenvalue weighted by molar-refractivity contribution is 7.13. The Hall–Kier alpha value is -2.51. The van der Waals surface area contributed by atoms with Gasteiger partial charge in [0.1, 0.15) is 5.01 Å². The molecule has 1 aromatic carbocycles. The molecule has 0 atom stereocenters. The smallest absolute Gasteiger partial charge is 0.358 e. The number of hydrogen-bond acceptors (Lipinski definition) is 6. The predicted octanol–water partition coefficient (Wildman–Crippen LogP) is 3.91. The van der Waals surface area contributed by atoms with Crippen molar-refractivity contribution in [2.75, 3.05) is 6.61 Å². The molecule has 2 heterocycles. The van der Waals surface area contributed by atoms with Gasteiger partial charge in [-0.1, -0.05) is 37.3 Å². The molecule has 0 aliphatic rings. The van der Waals surface area contributed by atoms with Gasteiger partial charge >= 0.3 is 5.97 Å². The molecule has 1 amide bonds. The van der Waals surface area contributed by atoms with Crippen molar-refractivity contribution in [1.29, 1.82) is 0 Å². The zero-order chi connectivity index (χ0) is 18.4. The van der Waals surface area contributed by atoms with E-state index in [1.54, 1.807) is 16.7 Å². The summed E-state index contributed by atoms with van der Waals surface area (Å²) >= 11 is 2.93. The third-order valence-electron chi connectivity index (χ3n) is 3.70. The third-order valence-corrected chi connectivity index (χ3v) is 5.46. The van der Waals surface area contributed by atoms with Crippen molar-refractivity contribution in [2.24, 2.45) is 0 Å². The van der Waals surface area contributed by atoms with Crippen molar-refractivity contribution in [3.05, 3.63) is 63.3 Å². The number of ether oxygens (including phenoxy) is 1. The second kappa shape index (κ2) is 8.73. The molecule has 0 bridgehead atoms. The van der Waals surface area contributed by atoms with E-state index in [1.165, 1.54) is 16.9 Å². The van der Waals surface area contributed by atoms with Crippen LogP contribution in [0.25, 0.3) is 10.6 Å². The fourth-order valence-electron chi connectivity index (χ4n) is 2.24. The van der Waals surface area contributed by atoms with E-state index < -0.39 is 5.97 Å². The van der Waals surface area contributed by atoms with Gasteiger partial charge in [-0.15, -0.1) is 22.7 Å². The Bertz CT molecular complexity index is 871. The van der Waals surface area contributed by atoms with Crippen molar-refractivity contribution >= 4 is 34.6 Å². The zero-order valence-electron chi connectivity index (χ0n) is 14.2. The first-order valence-electron chi connectivity index (χ1n) is 8.16. The molecule has 0 aliphatic heterocycles. The maximum absolute atomic E-state index is 12.1. The molecule has 0 unspecified atom stereocenters. The van der Waals surface area contributed by atoms with Crippen LogP contribution < -0.4 is 5.32 Å². The molecule has 26 heavy (non-hydrogen) atoms. The van der Waals surface area contributed by atoms with Crippen LogP contribution in [0.5, 0.6) is 0 Å². The zero-order valence-corrected chi connectivity index (χ0v) is 15.9. The summed E-state index contributed by atoms with van der Waals surface area (Å²) in [5.74, 6) is -0.929. The molecule has 0 saturated carbocycles. The van der Waals surface area contributed by atoms with Gasteiger partial charge in [-0.25, -0.2) is 9.78 Å². The summed E-state index contributed by atoms with van der Waals surface area (Å²) in [6.45, 7) is 2.22. The van der Waals surface area contributed by atoms with E-state index >= 15 is 0 Å². The quantitative estimate of drug-likeness (QED) is 0.625. The number of amides is 1. The van der Waals surface area contributed by atoms with Crippen molar-refractivity contribution in [3.63, 3.8) is 0 Å². The Morgan fingerprint density at radius 1 is 1.15 bits per heavy atom. The first-order chi connectivity index (χ1) is 12.7. The minimum absolute atomic E-state index is 0.218. The van der Waals surface area contributed by atoms with E-state index in [1.807, 2.05) is 41.8 Å². The molecule has 1 N–H and O–H groups in total. The molecule has 2 aromatic heterocycles. The first-order valence-corrected chi connectivity index (χ1v) is 9.92. The number of thiophene rings is 1. The van der Waals surface area contributed by atoms with Crippen LogP contribution in [0.15, 0.2) is 47.2 Å². The van der Waals surface area contributed by atoms with Gasteiger partial charge in [0.15, 0.2) is 12.3 Å². The number of benzene rings is 1. The normalized spacial score (nSPS) is 10.5. The van der Waals surface area contributed by atoms with Gasteiger partial charge in [0.05, 0.1) is 6.54 Å². The molecular weight excluding hydrogens is 368 g/mol. The summed E-state index contributed by atoms with van der Waals surface area (Å²) in [7, 11) is 0. The monoisotopic (exact) mass is 386 g/mol. The molecule has 0 saturated heterocycles. The van der Waals surface area contributed by atoms with Gasteiger partial charge < -0.3 is 10.1 Å². The van der Waals surface area contributed by atoms with Crippen LogP contribution in [-0.4, -0.2) is 23.5 Å². The second-order valence-corrected chi connectivity index (χ2v) is 7.41. The Morgan fingerprint density at radius 3 is 2.65 bits per heavy atom. The number of carbonyl (C=O) groups is 2. The summed E-state index contributed by atoms with van der Waals surface area (Å²) in [6.07, 6.45) is 0.976. The minimum atomic E-state index is -0.594. The molecule has 7 heteroatoms. The van der Waals surface area contributed by atoms with Crippen molar-refractivity contribution < 1.29 is 14.3 Å². The van der Waals surface area contributed by atoms with E-state index in [0.29, 0.717) is 6.54 Å². The van der Waals surface area contributed by atoms with Crippen LogP contribution in [0, 0.1) is 0 Å². The molecule has 0 fully saturated rings. The van der Waals surface area contributed by atoms with Gasteiger partial charge in [-0.3, -0.25) is 4.79 Å².